The number of piperidine rings is 1. The summed E-state index contributed by atoms with van der Waals surface area (Å²) in [5.74, 6) is 0.173. The molecule has 4 rings (SSSR count). The zero-order valence-corrected chi connectivity index (χ0v) is 16.2. The molecule has 0 saturated carbocycles. The van der Waals surface area contributed by atoms with Gasteiger partial charge in [-0.3, -0.25) is 4.79 Å². The van der Waals surface area contributed by atoms with Gasteiger partial charge in [-0.1, -0.05) is 6.07 Å². The molecule has 0 radical (unpaired) electrons. The van der Waals surface area contributed by atoms with E-state index in [4.69, 9.17) is 0 Å². The summed E-state index contributed by atoms with van der Waals surface area (Å²) in [5.41, 5.74) is 2.11. The number of benzene rings is 1. The molecule has 2 saturated heterocycles. The molecule has 2 aliphatic heterocycles. The van der Waals surface area contributed by atoms with Crippen LogP contribution in [0, 0.1) is 12.3 Å². The number of hydrogen-bond acceptors (Lipinski definition) is 4. The minimum absolute atomic E-state index is 0.173. The Morgan fingerprint density at radius 3 is 3.00 bits per heavy atom. The molecule has 1 amide bonds. The van der Waals surface area contributed by atoms with Gasteiger partial charge in [0.2, 0.25) is 0 Å². The minimum Gasteiger partial charge on any atom is -0.380 e. The maximum atomic E-state index is 13.0. The third-order valence-electron chi connectivity index (χ3n) is 5.65. The second kappa shape index (κ2) is 7.41. The molecule has 138 valence electrons. The second-order valence-corrected chi connectivity index (χ2v) is 9.08. The van der Waals surface area contributed by atoms with Crippen molar-refractivity contribution >= 4 is 22.9 Å². The highest BCUT2D eigenvalue weighted by Gasteiger charge is 2.39. The van der Waals surface area contributed by atoms with E-state index in [-0.39, 0.29) is 5.91 Å². The number of aryl methyl sites for hydroxylation is 1. The number of carbonyl (C=O) groups is 1. The van der Waals surface area contributed by atoms with E-state index in [1.165, 1.54) is 22.6 Å². The fraction of sp³-hybridized carbons (Fsp3) is 0.476. The van der Waals surface area contributed by atoms with Crippen molar-refractivity contribution in [1.82, 2.24) is 10.2 Å². The molecule has 26 heavy (non-hydrogen) atoms. The van der Waals surface area contributed by atoms with Gasteiger partial charge in [0.25, 0.3) is 5.91 Å². The van der Waals surface area contributed by atoms with Gasteiger partial charge >= 0.3 is 0 Å². The molecule has 5 heteroatoms. The van der Waals surface area contributed by atoms with Gasteiger partial charge in [-0.2, -0.15) is 0 Å². The standard InChI is InChI=1S/C21H27N3OS/c1-16-6-7-19(26-16)13-23-18-5-2-4-17(12-18)20(25)24-11-3-8-21(15-24)9-10-22-14-21/h2,4-7,12,22-23H,3,8-11,13-15H2,1H3/t21-/m0/s1. The number of carbonyl (C=O) groups excluding carboxylic acids is 1. The zero-order chi connectivity index (χ0) is 18.0. The van der Waals surface area contributed by atoms with Crippen molar-refractivity contribution in [2.75, 3.05) is 31.5 Å². The van der Waals surface area contributed by atoms with E-state index >= 15 is 0 Å². The fourth-order valence-electron chi connectivity index (χ4n) is 4.24. The highest BCUT2D eigenvalue weighted by atomic mass is 32.1. The van der Waals surface area contributed by atoms with Crippen LogP contribution in [0.4, 0.5) is 5.69 Å². The second-order valence-electron chi connectivity index (χ2n) is 7.70. The third-order valence-corrected chi connectivity index (χ3v) is 6.65. The number of hydrogen-bond donors (Lipinski definition) is 2. The van der Waals surface area contributed by atoms with Crippen LogP contribution in [0.25, 0.3) is 0 Å². The van der Waals surface area contributed by atoms with E-state index < -0.39 is 0 Å². The molecule has 0 bridgehead atoms. The van der Waals surface area contributed by atoms with Crippen molar-refractivity contribution in [3.8, 4) is 0 Å². The van der Waals surface area contributed by atoms with Crippen molar-refractivity contribution in [3.63, 3.8) is 0 Å². The highest BCUT2D eigenvalue weighted by molar-refractivity contribution is 7.11. The number of amides is 1. The van der Waals surface area contributed by atoms with Gasteiger partial charge < -0.3 is 15.5 Å². The minimum atomic E-state index is 0.173. The van der Waals surface area contributed by atoms with Crippen LogP contribution in [0.2, 0.25) is 0 Å². The number of rotatable bonds is 4. The van der Waals surface area contributed by atoms with Crippen LogP contribution in [-0.4, -0.2) is 37.0 Å². The van der Waals surface area contributed by atoms with Gasteiger partial charge in [-0.25, -0.2) is 0 Å². The molecule has 1 aromatic heterocycles. The smallest absolute Gasteiger partial charge is 0.253 e. The Hall–Kier alpha value is -1.85. The van der Waals surface area contributed by atoms with Crippen molar-refractivity contribution in [1.29, 1.82) is 0 Å². The quantitative estimate of drug-likeness (QED) is 0.859. The van der Waals surface area contributed by atoms with Crippen LogP contribution in [0.5, 0.6) is 0 Å². The first-order chi connectivity index (χ1) is 12.6. The maximum Gasteiger partial charge on any atom is 0.253 e. The summed E-state index contributed by atoms with van der Waals surface area (Å²) < 4.78 is 0. The summed E-state index contributed by atoms with van der Waals surface area (Å²) in [6, 6.07) is 12.3. The van der Waals surface area contributed by atoms with Crippen LogP contribution in [0.1, 0.15) is 39.4 Å². The summed E-state index contributed by atoms with van der Waals surface area (Å²) in [4.78, 5) is 17.8. The molecule has 1 spiro atoms. The van der Waals surface area contributed by atoms with Gasteiger partial charge in [0.05, 0.1) is 0 Å². The van der Waals surface area contributed by atoms with Crippen LogP contribution >= 0.6 is 11.3 Å². The van der Waals surface area contributed by atoms with E-state index in [1.807, 2.05) is 35.6 Å². The summed E-state index contributed by atoms with van der Waals surface area (Å²) in [6.07, 6.45) is 3.55. The monoisotopic (exact) mass is 369 g/mol. The normalized spacial score (nSPS) is 22.7. The van der Waals surface area contributed by atoms with Crippen molar-refractivity contribution in [3.05, 3.63) is 51.7 Å². The molecule has 2 aliphatic rings. The van der Waals surface area contributed by atoms with E-state index in [1.54, 1.807) is 0 Å². The van der Waals surface area contributed by atoms with Gasteiger partial charge in [-0.15, -0.1) is 11.3 Å². The first-order valence-electron chi connectivity index (χ1n) is 9.53. The Morgan fingerprint density at radius 2 is 2.23 bits per heavy atom. The Labute approximate surface area is 159 Å². The molecule has 1 atom stereocenters. The van der Waals surface area contributed by atoms with E-state index in [0.717, 1.165) is 50.4 Å². The summed E-state index contributed by atoms with van der Waals surface area (Å²) >= 11 is 1.81. The van der Waals surface area contributed by atoms with Crippen molar-refractivity contribution < 1.29 is 4.79 Å². The molecule has 2 N–H and O–H groups in total. The average molecular weight is 370 g/mol. The van der Waals surface area contributed by atoms with Crippen LogP contribution in [-0.2, 0) is 6.54 Å². The number of thiophene rings is 1. The number of nitrogens with one attached hydrogen (secondary N) is 2. The lowest BCUT2D eigenvalue weighted by Gasteiger charge is -2.40. The first kappa shape index (κ1) is 17.6. The summed E-state index contributed by atoms with van der Waals surface area (Å²) in [5, 5.41) is 6.93. The molecular weight excluding hydrogens is 342 g/mol. The molecule has 0 unspecified atom stereocenters. The molecular formula is C21H27N3OS. The maximum absolute atomic E-state index is 13.0. The lowest BCUT2D eigenvalue weighted by molar-refractivity contribution is 0.0553. The molecule has 1 aromatic carbocycles. The van der Waals surface area contributed by atoms with Gasteiger partial charge in [0.1, 0.15) is 0 Å². The van der Waals surface area contributed by atoms with E-state index in [2.05, 4.69) is 34.6 Å². The zero-order valence-electron chi connectivity index (χ0n) is 15.4. The molecule has 4 nitrogen and oxygen atoms in total. The summed E-state index contributed by atoms with van der Waals surface area (Å²) in [7, 11) is 0. The van der Waals surface area contributed by atoms with Crippen LogP contribution in [0.3, 0.4) is 0 Å². The largest absolute Gasteiger partial charge is 0.380 e. The van der Waals surface area contributed by atoms with Crippen molar-refractivity contribution in [2.24, 2.45) is 5.41 Å². The van der Waals surface area contributed by atoms with Crippen LogP contribution in [0.15, 0.2) is 36.4 Å². The summed E-state index contributed by atoms with van der Waals surface area (Å²) in [6.45, 7) is 6.84. The predicted octanol–water partition coefficient (Wildman–Crippen LogP) is 3.88. The van der Waals surface area contributed by atoms with E-state index in [0.29, 0.717) is 5.41 Å². The Bertz CT molecular complexity index is 779. The SMILES string of the molecule is Cc1ccc(CNc2cccc(C(=O)N3CCC[C@@]4(CCNC4)C3)c2)s1. The highest BCUT2D eigenvalue weighted by Crippen LogP contribution is 2.36. The molecule has 2 aromatic rings. The lowest BCUT2D eigenvalue weighted by Crippen LogP contribution is -2.47. The van der Waals surface area contributed by atoms with Crippen LogP contribution < -0.4 is 10.6 Å². The Morgan fingerprint density at radius 1 is 1.31 bits per heavy atom. The molecule has 2 fully saturated rings. The third kappa shape index (κ3) is 3.79. The Kier molecular flexibility index (Phi) is 5.00. The van der Waals surface area contributed by atoms with Gasteiger partial charge in [0.15, 0.2) is 0 Å². The number of nitrogens with zero attached hydrogens (tertiary/aromatic N) is 1. The number of anilines is 1. The van der Waals surface area contributed by atoms with E-state index in [9.17, 15) is 4.79 Å². The average Bonchev–Trinajstić information content (AvgIpc) is 3.29. The molecule has 3 heterocycles. The van der Waals surface area contributed by atoms with Crippen molar-refractivity contribution in [2.45, 2.75) is 32.7 Å². The molecule has 0 aliphatic carbocycles. The fourth-order valence-corrected chi connectivity index (χ4v) is 5.07. The number of likely N-dealkylation sites (tertiary alicyclic amines) is 1. The first-order valence-corrected chi connectivity index (χ1v) is 10.3. The topological polar surface area (TPSA) is 44.4 Å². The lowest BCUT2D eigenvalue weighted by atomic mass is 9.79. The Balaban J connectivity index is 1.42. The predicted molar refractivity (Wildman–Crippen MR) is 108 cm³/mol. The van der Waals surface area contributed by atoms with Gasteiger partial charge in [-0.05, 0) is 63.1 Å². The van der Waals surface area contributed by atoms with Gasteiger partial charge in [0, 0.05) is 52.6 Å².